The summed E-state index contributed by atoms with van der Waals surface area (Å²) in [4.78, 5) is 20.3. The largest absolute Gasteiger partial charge is 0.481 e. The molecule has 0 atom stereocenters. The maximum absolute atomic E-state index is 10.2. The average Bonchev–Trinajstić information content (AvgIpc) is 2.60. The molecule has 0 saturated carbocycles. The van der Waals surface area contributed by atoms with Gasteiger partial charge in [0.15, 0.2) is 0 Å². The van der Waals surface area contributed by atoms with E-state index in [0.29, 0.717) is 12.8 Å². The summed E-state index contributed by atoms with van der Waals surface area (Å²) in [5, 5.41) is 16.8. The van der Waals surface area contributed by atoms with Crippen LogP contribution in [0, 0.1) is 0 Å². The van der Waals surface area contributed by atoms with Crippen LogP contribution in [0.25, 0.3) is 0 Å². The smallest absolute Gasteiger partial charge is 0.303 e. The number of unbranched alkanes of at least 4 members (excludes halogenated alkanes) is 14. The Kier molecular flexibility index (Phi) is 32.5. The number of carboxylic acid groups (broad SMARTS) is 2. The van der Waals surface area contributed by atoms with Gasteiger partial charge in [-0.3, -0.25) is 9.59 Å². The van der Waals surface area contributed by atoms with Crippen LogP contribution >= 0.6 is 0 Å². The summed E-state index contributed by atoms with van der Waals surface area (Å²) < 4.78 is 0. The second-order valence-corrected chi connectivity index (χ2v) is 7.24. The van der Waals surface area contributed by atoms with Crippen molar-refractivity contribution in [1.29, 1.82) is 0 Å². The van der Waals surface area contributed by atoms with Crippen LogP contribution in [0.1, 0.15) is 129 Å². The molecule has 0 aliphatic heterocycles. The van der Waals surface area contributed by atoms with Crippen molar-refractivity contribution in [1.82, 2.24) is 0 Å². The molecule has 0 fully saturated rings. The standard InChI is InChI=1S/2C11H22O2.Te/c2*1-2-3-4-5-6-7-8-9-10-11(12)13;/h2*2-10H2,1H3,(H,12,13);. The van der Waals surface area contributed by atoms with Crippen LogP contribution in [0.15, 0.2) is 0 Å². The molecule has 162 valence electrons. The first kappa shape index (κ1) is 31.4. The third-order valence-electron chi connectivity index (χ3n) is 4.49. The summed E-state index contributed by atoms with van der Waals surface area (Å²) in [5.74, 6) is -1.32. The molecule has 5 heteroatoms. The maximum atomic E-state index is 10.2. The minimum absolute atomic E-state index is 0. The molecule has 0 amide bonds. The normalized spacial score (nSPS) is 9.85. The molecule has 0 heterocycles. The van der Waals surface area contributed by atoms with Crippen molar-refractivity contribution in [2.75, 3.05) is 0 Å². The topological polar surface area (TPSA) is 74.6 Å². The molecule has 0 saturated heterocycles. The van der Waals surface area contributed by atoms with Crippen molar-refractivity contribution >= 4 is 35.6 Å². The Morgan fingerprint density at radius 3 is 0.926 bits per heavy atom. The van der Waals surface area contributed by atoms with Gasteiger partial charge in [0.2, 0.25) is 0 Å². The van der Waals surface area contributed by atoms with Gasteiger partial charge in [-0.05, 0) is 12.8 Å². The molecule has 2 N–H and O–H groups in total. The van der Waals surface area contributed by atoms with E-state index in [1.54, 1.807) is 0 Å². The van der Waals surface area contributed by atoms with Crippen LogP contribution in [-0.2, 0) is 9.59 Å². The average molecular weight is 500 g/mol. The van der Waals surface area contributed by atoms with E-state index in [-0.39, 0.29) is 23.7 Å². The molecule has 27 heavy (non-hydrogen) atoms. The molecule has 0 aromatic carbocycles. The van der Waals surface area contributed by atoms with Crippen LogP contribution in [-0.4, -0.2) is 45.8 Å². The predicted molar refractivity (Wildman–Crippen MR) is 115 cm³/mol. The zero-order chi connectivity index (χ0) is 19.9. The van der Waals surface area contributed by atoms with Gasteiger partial charge in [0.05, 0.1) is 0 Å². The zero-order valence-electron chi connectivity index (χ0n) is 17.8. The number of rotatable bonds is 18. The van der Waals surface area contributed by atoms with Gasteiger partial charge in [-0.1, -0.05) is 104 Å². The van der Waals surface area contributed by atoms with Crippen LogP contribution in [0.5, 0.6) is 0 Å². The molecule has 0 bridgehead atoms. The van der Waals surface area contributed by atoms with Crippen LogP contribution < -0.4 is 0 Å². The maximum Gasteiger partial charge on any atom is 0.303 e. The molecule has 2 radical (unpaired) electrons. The van der Waals surface area contributed by atoms with Gasteiger partial charge in [-0.2, -0.15) is 0 Å². The van der Waals surface area contributed by atoms with Crippen molar-refractivity contribution in [2.45, 2.75) is 129 Å². The molecule has 0 rings (SSSR count). The summed E-state index contributed by atoms with van der Waals surface area (Å²) in [6.45, 7) is 4.43. The van der Waals surface area contributed by atoms with Crippen molar-refractivity contribution in [2.24, 2.45) is 0 Å². The third-order valence-corrected chi connectivity index (χ3v) is 4.49. The Balaban J connectivity index is -0.000000411. The number of carboxylic acids is 2. The van der Waals surface area contributed by atoms with Gasteiger partial charge in [0, 0.05) is 36.5 Å². The van der Waals surface area contributed by atoms with Crippen LogP contribution in [0.2, 0.25) is 0 Å². The fraction of sp³-hybridized carbons (Fsp3) is 0.909. The number of hydrogen-bond donors (Lipinski definition) is 2. The minimum Gasteiger partial charge on any atom is -0.481 e. The summed E-state index contributed by atoms with van der Waals surface area (Å²) in [5.41, 5.74) is 0. The van der Waals surface area contributed by atoms with Gasteiger partial charge in [-0.25, -0.2) is 0 Å². The molecule has 0 spiro atoms. The Morgan fingerprint density at radius 1 is 0.481 bits per heavy atom. The molecule has 0 aliphatic rings. The molecule has 4 nitrogen and oxygen atoms in total. The van der Waals surface area contributed by atoms with Gasteiger partial charge in [0.1, 0.15) is 0 Å². The molecule has 0 aromatic rings. The number of carbonyl (C=O) groups is 2. The van der Waals surface area contributed by atoms with Crippen molar-refractivity contribution in [3.05, 3.63) is 0 Å². The Morgan fingerprint density at radius 2 is 0.704 bits per heavy atom. The molecular weight excluding hydrogens is 456 g/mol. The first-order valence-corrected chi connectivity index (χ1v) is 11.0. The van der Waals surface area contributed by atoms with Gasteiger partial charge in [0.25, 0.3) is 0 Å². The predicted octanol–water partition coefficient (Wildman–Crippen LogP) is 6.82. The van der Waals surface area contributed by atoms with E-state index in [9.17, 15) is 9.59 Å². The Labute approximate surface area is 184 Å². The van der Waals surface area contributed by atoms with Crippen molar-refractivity contribution in [3.8, 4) is 0 Å². The first-order valence-electron chi connectivity index (χ1n) is 11.0. The summed E-state index contributed by atoms with van der Waals surface area (Å²) in [6.07, 6.45) is 20.1. The SMILES string of the molecule is CCCCCCCCCCC(=O)O.CCCCCCCCCCC(=O)O.[Te]. The van der Waals surface area contributed by atoms with Gasteiger partial charge in [-0.15, -0.1) is 0 Å². The first-order chi connectivity index (χ1) is 12.5. The summed E-state index contributed by atoms with van der Waals surface area (Å²) >= 11 is 0. The Hall–Kier alpha value is -0.270. The summed E-state index contributed by atoms with van der Waals surface area (Å²) in [7, 11) is 0. The minimum atomic E-state index is -0.661. The fourth-order valence-electron chi connectivity index (χ4n) is 2.82. The Bertz CT molecular complexity index is 279. The summed E-state index contributed by atoms with van der Waals surface area (Å²) in [6, 6.07) is 0. The zero-order valence-corrected chi connectivity index (χ0v) is 20.2. The second kappa shape index (κ2) is 27.9. The monoisotopic (exact) mass is 502 g/mol. The van der Waals surface area contributed by atoms with Crippen LogP contribution in [0.3, 0.4) is 0 Å². The number of hydrogen-bond acceptors (Lipinski definition) is 2. The van der Waals surface area contributed by atoms with Gasteiger partial charge >= 0.3 is 11.9 Å². The molecular formula is C22H44O4Te. The quantitative estimate of drug-likeness (QED) is 0.160. The van der Waals surface area contributed by atoms with E-state index in [2.05, 4.69) is 13.8 Å². The second-order valence-electron chi connectivity index (χ2n) is 7.24. The molecule has 0 aliphatic carbocycles. The van der Waals surface area contributed by atoms with Gasteiger partial charge < -0.3 is 10.2 Å². The fourth-order valence-corrected chi connectivity index (χ4v) is 2.82. The van der Waals surface area contributed by atoms with Crippen molar-refractivity contribution < 1.29 is 19.8 Å². The van der Waals surface area contributed by atoms with E-state index in [1.165, 1.54) is 77.0 Å². The van der Waals surface area contributed by atoms with E-state index >= 15 is 0 Å². The van der Waals surface area contributed by atoms with E-state index < -0.39 is 11.9 Å². The molecule has 0 aromatic heterocycles. The van der Waals surface area contributed by atoms with E-state index in [4.69, 9.17) is 10.2 Å². The molecule has 0 unspecified atom stereocenters. The number of aliphatic carboxylic acids is 2. The van der Waals surface area contributed by atoms with Crippen LogP contribution in [0.4, 0.5) is 0 Å². The van der Waals surface area contributed by atoms with E-state index in [1.807, 2.05) is 0 Å². The van der Waals surface area contributed by atoms with Crippen molar-refractivity contribution in [3.63, 3.8) is 0 Å². The third kappa shape index (κ3) is 37.2. The van der Waals surface area contributed by atoms with E-state index in [0.717, 1.165) is 25.7 Å².